The van der Waals surface area contributed by atoms with Gasteiger partial charge in [-0.15, -0.1) is 0 Å². The minimum Gasteiger partial charge on any atom is -0.339 e. The number of benzene rings is 2. The van der Waals surface area contributed by atoms with E-state index >= 15 is 0 Å². The minimum absolute atomic E-state index is 0.0774. The van der Waals surface area contributed by atoms with Crippen LogP contribution in [0.15, 0.2) is 54.9 Å². The number of aromatic nitrogens is 2. The van der Waals surface area contributed by atoms with Gasteiger partial charge in [0.25, 0.3) is 5.91 Å². The SMILES string of the molecule is O=C(Nc1ccc(F)c(Cl)c1)c1cnc(Nc2ccc(Cl)cc2)cn1. The number of amides is 1. The topological polar surface area (TPSA) is 66.9 Å². The third-order valence-corrected chi connectivity index (χ3v) is 3.72. The first-order valence-electron chi connectivity index (χ1n) is 7.12. The molecule has 0 aliphatic rings. The monoisotopic (exact) mass is 376 g/mol. The summed E-state index contributed by atoms with van der Waals surface area (Å²) < 4.78 is 13.1. The Balaban J connectivity index is 1.67. The fourth-order valence-corrected chi connectivity index (χ4v) is 2.27. The van der Waals surface area contributed by atoms with E-state index in [1.807, 2.05) is 0 Å². The number of rotatable bonds is 4. The quantitative estimate of drug-likeness (QED) is 0.678. The Morgan fingerprint density at radius 2 is 1.68 bits per heavy atom. The zero-order valence-corrected chi connectivity index (χ0v) is 14.1. The number of carbonyl (C=O) groups excluding carboxylic acids is 1. The molecule has 1 amide bonds. The Hall–Kier alpha value is -2.70. The maximum atomic E-state index is 13.1. The van der Waals surface area contributed by atoms with Crippen molar-refractivity contribution in [3.8, 4) is 0 Å². The van der Waals surface area contributed by atoms with Crippen LogP contribution in [0.25, 0.3) is 0 Å². The van der Waals surface area contributed by atoms with Gasteiger partial charge in [-0.25, -0.2) is 14.4 Å². The standard InChI is InChI=1S/C17H11Cl2FN4O/c18-10-1-3-11(4-2-10)23-16-9-21-15(8-22-16)17(25)24-12-5-6-14(20)13(19)7-12/h1-9H,(H,22,23)(H,24,25). The Bertz CT molecular complexity index is 902. The van der Waals surface area contributed by atoms with Crippen molar-refractivity contribution in [1.29, 1.82) is 0 Å². The predicted molar refractivity (Wildman–Crippen MR) is 96.1 cm³/mol. The van der Waals surface area contributed by atoms with Crippen molar-refractivity contribution < 1.29 is 9.18 Å². The van der Waals surface area contributed by atoms with E-state index in [9.17, 15) is 9.18 Å². The highest BCUT2D eigenvalue weighted by Gasteiger charge is 2.10. The summed E-state index contributed by atoms with van der Waals surface area (Å²) in [5.74, 6) is -0.561. The predicted octanol–water partition coefficient (Wildman–Crippen LogP) is 4.92. The molecule has 0 aliphatic heterocycles. The Morgan fingerprint density at radius 3 is 2.32 bits per heavy atom. The van der Waals surface area contributed by atoms with E-state index < -0.39 is 11.7 Å². The van der Waals surface area contributed by atoms with Gasteiger partial charge >= 0.3 is 0 Å². The van der Waals surface area contributed by atoms with E-state index in [-0.39, 0.29) is 10.7 Å². The van der Waals surface area contributed by atoms with Crippen LogP contribution < -0.4 is 10.6 Å². The average Bonchev–Trinajstić information content (AvgIpc) is 2.61. The molecule has 2 N–H and O–H groups in total. The molecular formula is C17H11Cl2FN4O. The molecule has 1 heterocycles. The molecule has 3 rings (SSSR count). The summed E-state index contributed by atoms with van der Waals surface area (Å²) in [6, 6.07) is 11.0. The van der Waals surface area contributed by atoms with Crippen molar-refractivity contribution >= 4 is 46.3 Å². The number of nitrogens with one attached hydrogen (secondary N) is 2. The van der Waals surface area contributed by atoms with E-state index in [1.54, 1.807) is 24.3 Å². The van der Waals surface area contributed by atoms with Gasteiger partial charge in [-0.05, 0) is 42.5 Å². The summed E-state index contributed by atoms with van der Waals surface area (Å²) in [5.41, 5.74) is 1.26. The van der Waals surface area contributed by atoms with Crippen molar-refractivity contribution in [2.75, 3.05) is 10.6 Å². The lowest BCUT2D eigenvalue weighted by atomic mass is 10.3. The molecule has 0 aliphatic carbocycles. The van der Waals surface area contributed by atoms with Gasteiger partial charge in [0, 0.05) is 16.4 Å². The fraction of sp³-hybridized carbons (Fsp3) is 0. The minimum atomic E-state index is -0.558. The molecule has 126 valence electrons. The van der Waals surface area contributed by atoms with Crippen LogP contribution in [0.1, 0.15) is 10.5 Å². The summed E-state index contributed by atoms with van der Waals surface area (Å²) in [5, 5.41) is 6.16. The highest BCUT2D eigenvalue weighted by molar-refractivity contribution is 6.31. The molecule has 5 nitrogen and oxygen atoms in total. The van der Waals surface area contributed by atoms with E-state index in [1.165, 1.54) is 30.6 Å². The van der Waals surface area contributed by atoms with Crippen LogP contribution in [0.3, 0.4) is 0 Å². The lowest BCUT2D eigenvalue weighted by molar-refractivity contribution is 0.102. The van der Waals surface area contributed by atoms with E-state index in [2.05, 4.69) is 20.6 Å². The average molecular weight is 377 g/mol. The molecule has 0 saturated carbocycles. The highest BCUT2D eigenvalue weighted by atomic mass is 35.5. The van der Waals surface area contributed by atoms with Crippen LogP contribution in [-0.4, -0.2) is 15.9 Å². The molecule has 0 saturated heterocycles. The Labute approximate surface area is 152 Å². The largest absolute Gasteiger partial charge is 0.339 e. The maximum Gasteiger partial charge on any atom is 0.275 e. The van der Waals surface area contributed by atoms with Gasteiger partial charge in [0.2, 0.25) is 0 Å². The molecule has 8 heteroatoms. The van der Waals surface area contributed by atoms with Gasteiger partial charge in [-0.1, -0.05) is 23.2 Å². The third kappa shape index (κ3) is 4.43. The van der Waals surface area contributed by atoms with Gasteiger partial charge in [0.05, 0.1) is 17.4 Å². The second-order valence-corrected chi connectivity index (χ2v) is 5.85. The zero-order chi connectivity index (χ0) is 17.8. The summed E-state index contributed by atoms with van der Waals surface area (Å²) in [6.07, 6.45) is 2.76. The van der Waals surface area contributed by atoms with E-state index in [0.717, 1.165) is 5.69 Å². The van der Waals surface area contributed by atoms with Crippen LogP contribution in [-0.2, 0) is 0 Å². The molecular weight excluding hydrogens is 366 g/mol. The number of nitrogens with zero attached hydrogens (tertiary/aromatic N) is 2. The summed E-state index contributed by atoms with van der Waals surface area (Å²) in [6.45, 7) is 0. The summed E-state index contributed by atoms with van der Waals surface area (Å²) >= 11 is 11.5. The lowest BCUT2D eigenvalue weighted by Crippen LogP contribution is -2.14. The van der Waals surface area contributed by atoms with Gasteiger partial charge < -0.3 is 10.6 Å². The molecule has 0 spiro atoms. The number of hydrogen-bond donors (Lipinski definition) is 2. The first-order valence-corrected chi connectivity index (χ1v) is 7.88. The van der Waals surface area contributed by atoms with Gasteiger partial charge in [-0.3, -0.25) is 4.79 Å². The van der Waals surface area contributed by atoms with Crippen molar-refractivity contribution in [3.63, 3.8) is 0 Å². The molecule has 1 aromatic heterocycles. The van der Waals surface area contributed by atoms with Crippen molar-refractivity contribution in [1.82, 2.24) is 9.97 Å². The highest BCUT2D eigenvalue weighted by Crippen LogP contribution is 2.20. The number of anilines is 3. The van der Waals surface area contributed by atoms with Crippen LogP contribution in [0.5, 0.6) is 0 Å². The fourth-order valence-electron chi connectivity index (χ4n) is 1.96. The first kappa shape index (κ1) is 17.1. The zero-order valence-electron chi connectivity index (χ0n) is 12.6. The van der Waals surface area contributed by atoms with Crippen LogP contribution in [0.2, 0.25) is 10.0 Å². The summed E-state index contributed by atoms with van der Waals surface area (Å²) in [4.78, 5) is 20.3. The van der Waals surface area contributed by atoms with E-state index in [4.69, 9.17) is 23.2 Å². The van der Waals surface area contributed by atoms with Crippen molar-refractivity contribution in [2.24, 2.45) is 0 Å². The molecule has 2 aromatic carbocycles. The molecule has 0 unspecified atom stereocenters. The molecule has 0 radical (unpaired) electrons. The maximum absolute atomic E-state index is 13.1. The molecule has 0 atom stereocenters. The Morgan fingerprint density at radius 1 is 0.960 bits per heavy atom. The first-order chi connectivity index (χ1) is 12.0. The van der Waals surface area contributed by atoms with Gasteiger partial charge in [-0.2, -0.15) is 0 Å². The number of carbonyl (C=O) groups is 1. The molecule has 25 heavy (non-hydrogen) atoms. The smallest absolute Gasteiger partial charge is 0.275 e. The number of hydrogen-bond acceptors (Lipinski definition) is 4. The lowest BCUT2D eigenvalue weighted by Gasteiger charge is -2.07. The van der Waals surface area contributed by atoms with Gasteiger partial charge in [0.1, 0.15) is 17.3 Å². The van der Waals surface area contributed by atoms with Crippen molar-refractivity contribution in [3.05, 3.63) is 76.4 Å². The summed E-state index contributed by atoms with van der Waals surface area (Å²) in [7, 11) is 0. The molecule has 3 aromatic rings. The van der Waals surface area contributed by atoms with Crippen LogP contribution >= 0.6 is 23.2 Å². The third-order valence-electron chi connectivity index (χ3n) is 3.18. The van der Waals surface area contributed by atoms with Crippen LogP contribution in [0, 0.1) is 5.82 Å². The molecule has 0 fully saturated rings. The number of halogens is 3. The molecule has 0 bridgehead atoms. The van der Waals surface area contributed by atoms with Crippen molar-refractivity contribution in [2.45, 2.75) is 0 Å². The normalized spacial score (nSPS) is 10.4. The van der Waals surface area contributed by atoms with E-state index in [0.29, 0.717) is 16.5 Å². The van der Waals surface area contributed by atoms with Crippen LogP contribution in [0.4, 0.5) is 21.6 Å². The second kappa shape index (κ2) is 7.46. The second-order valence-electron chi connectivity index (χ2n) is 5.00. The Kier molecular flexibility index (Phi) is 5.11. The van der Waals surface area contributed by atoms with Gasteiger partial charge in [0.15, 0.2) is 0 Å².